The summed E-state index contributed by atoms with van der Waals surface area (Å²) < 4.78 is 11.2. The first-order valence-electron chi connectivity index (χ1n) is 8.53. The van der Waals surface area contributed by atoms with Gasteiger partial charge in [-0.15, -0.1) is 0 Å². The maximum atomic E-state index is 11.9. The number of carbonyl (C=O) groups is 2. The number of nitrogens with zero attached hydrogens (tertiary/aromatic N) is 1. The molecule has 0 unspecified atom stereocenters. The van der Waals surface area contributed by atoms with Crippen molar-refractivity contribution in [3.63, 3.8) is 0 Å². The van der Waals surface area contributed by atoms with Crippen molar-refractivity contribution in [3.05, 3.63) is 52.0 Å². The molecule has 0 saturated carbocycles. The van der Waals surface area contributed by atoms with E-state index in [1.165, 1.54) is 13.3 Å². The van der Waals surface area contributed by atoms with E-state index in [1.807, 2.05) is 31.2 Å². The van der Waals surface area contributed by atoms with E-state index in [0.717, 1.165) is 10.0 Å². The summed E-state index contributed by atoms with van der Waals surface area (Å²) in [5, 5.41) is 6.67. The third kappa shape index (κ3) is 6.38. The molecule has 0 aliphatic carbocycles. The SMILES string of the molecule is COc1cc(OC)c(/C=N/NC(=O)CCC(=O)Nc2ccc(C)cc2)cc1Br. The first kappa shape index (κ1) is 21.4. The zero-order chi connectivity index (χ0) is 20.5. The zero-order valence-electron chi connectivity index (χ0n) is 15.9. The van der Waals surface area contributed by atoms with Crippen molar-refractivity contribution in [2.24, 2.45) is 5.10 Å². The number of amides is 2. The summed E-state index contributed by atoms with van der Waals surface area (Å²) in [5.41, 5.74) is 4.87. The minimum Gasteiger partial charge on any atom is -0.496 e. The Balaban J connectivity index is 1.84. The van der Waals surface area contributed by atoms with Gasteiger partial charge in [-0.2, -0.15) is 5.10 Å². The van der Waals surface area contributed by atoms with Gasteiger partial charge in [-0.1, -0.05) is 17.7 Å². The molecule has 0 saturated heterocycles. The Bertz CT molecular complexity index is 866. The van der Waals surface area contributed by atoms with Crippen LogP contribution in [-0.2, 0) is 9.59 Å². The molecule has 0 heterocycles. The van der Waals surface area contributed by atoms with E-state index < -0.39 is 0 Å². The van der Waals surface area contributed by atoms with Gasteiger partial charge < -0.3 is 14.8 Å². The van der Waals surface area contributed by atoms with Crippen LogP contribution in [0.15, 0.2) is 46.0 Å². The number of nitrogens with one attached hydrogen (secondary N) is 2. The largest absolute Gasteiger partial charge is 0.496 e. The van der Waals surface area contributed by atoms with Crippen LogP contribution in [0, 0.1) is 6.92 Å². The molecule has 2 aromatic rings. The molecule has 7 nitrogen and oxygen atoms in total. The van der Waals surface area contributed by atoms with Gasteiger partial charge in [-0.3, -0.25) is 9.59 Å². The molecule has 2 rings (SSSR count). The lowest BCUT2D eigenvalue weighted by Gasteiger charge is -2.09. The van der Waals surface area contributed by atoms with Gasteiger partial charge in [0.1, 0.15) is 11.5 Å². The van der Waals surface area contributed by atoms with Gasteiger partial charge in [0.25, 0.3) is 0 Å². The van der Waals surface area contributed by atoms with Gasteiger partial charge in [0.05, 0.1) is 24.9 Å². The van der Waals surface area contributed by atoms with Crippen LogP contribution in [0.25, 0.3) is 0 Å². The Morgan fingerprint density at radius 3 is 2.32 bits per heavy atom. The average Bonchev–Trinajstić information content (AvgIpc) is 2.68. The van der Waals surface area contributed by atoms with Crippen LogP contribution >= 0.6 is 15.9 Å². The fraction of sp³-hybridized carbons (Fsp3) is 0.250. The molecule has 2 amide bonds. The number of methoxy groups -OCH3 is 2. The first-order chi connectivity index (χ1) is 13.4. The van der Waals surface area contributed by atoms with E-state index in [9.17, 15) is 9.59 Å². The molecular formula is C20H22BrN3O4. The van der Waals surface area contributed by atoms with E-state index in [2.05, 4.69) is 31.8 Å². The van der Waals surface area contributed by atoms with Crippen molar-refractivity contribution in [1.29, 1.82) is 0 Å². The lowest BCUT2D eigenvalue weighted by atomic mass is 10.2. The Morgan fingerprint density at radius 1 is 1.04 bits per heavy atom. The molecule has 2 N–H and O–H groups in total. The van der Waals surface area contributed by atoms with Crippen molar-refractivity contribution < 1.29 is 19.1 Å². The highest BCUT2D eigenvalue weighted by atomic mass is 79.9. The summed E-state index contributed by atoms with van der Waals surface area (Å²) in [5.74, 6) is 0.582. The van der Waals surface area contributed by atoms with Crippen LogP contribution in [0.5, 0.6) is 11.5 Å². The second-order valence-corrected chi connectivity index (χ2v) is 6.79. The number of aryl methyl sites for hydroxylation is 1. The summed E-state index contributed by atoms with van der Waals surface area (Å²) in [7, 11) is 3.09. The second-order valence-electron chi connectivity index (χ2n) is 5.94. The highest BCUT2D eigenvalue weighted by Crippen LogP contribution is 2.31. The Morgan fingerprint density at radius 2 is 1.68 bits per heavy atom. The van der Waals surface area contributed by atoms with Crippen molar-refractivity contribution in [1.82, 2.24) is 5.43 Å². The molecule has 0 fully saturated rings. The summed E-state index contributed by atoms with van der Waals surface area (Å²) in [6.07, 6.45) is 1.55. The maximum Gasteiger partial charge on any atom is 0.240 e. The van der Waals surface area contributed by atoms with Crippen LogP contribution in [0.4, 0.5) is 5.69 Å². The molecule has 0 aliphatic rings. The fourth-order valence-corrected chi connectivity index (χ4v) is 2.82. The highest BCUT2D eigenvalue weighted by Gasteiger charge is 2.09. The van der Waals surface area contributed by atoms with Gasteiger partial charge in [0.2, 0.25) is 11.8 Å². The fourth-order valence-electron chi connectivity index (χ4n) is 2.30. The minimum atomic E-state index is -0.359. The Hall–Kier alpha value is -2.87. The highest BCUT2D eigenvalue weighted by molar-refractivity contribution is 9.10. The summed E-state index contributed by atoms with van der Waals surface area (Å²) >= 11 is 3.39. The second kappa shape index (κ2) is 10.5. The normalized spacial score (nSPS) is 10.6. The van der Waals surface area contributed by atoms with Gasteiger partial charge in [0, 0.05) is 30.2 Å². The minimum absolute atomic E-state index is 0.0263. The van der Waals surface area contributed by atoms with Crippen molar-refractivity contribution in [3.8, 4) is 11.5 Å². The van der Waals surface area contributed by atoms with E-state index in [1.54, 1.807) is 19.2 Å². The van der Waals surface area contributed by atoms with Crippen LogP contribution in [0.3, 0.4) is 0 Å². The molecule has 0 bridgehead atoms. The van der Waals surface area contributed by atoms with E-state index in [-0.39, 0.29) is 24.7 Å². The maximum absolute atomic E-state index is 11.9. The molecule has 0 aromatic heterocycles. The smallest absolute Gasteiger partial charge is 0.240 e. The number of hydrogen-bond donors (Lipinski definition) is 2. The lowest BCUT2D eigenvalue weighted by molar-refractivity contribution is -0.124. The molecule has 148 valence electrons. The Kier molecular flexibility index (Phi) is 8.01. The van der Waals surface area contributed by atoms with Gasteiger partial charge in [-0.25, -0.2) is 5.43 Å². The van der Waals surface area contributed by atoms with Crippen LogP contribution in [-0.4, -0.2) is 32.2 Å². The number of ether oxygens (including phenoxy) is 2. The van der Waals surface area contributed by atoms with E-state index in [0.29, 0.717) is 22.7 Å². The first-order valence-corrected chi connectivity index (χ1v) is 9.32. The number of carbonyl (C=O) groups excluding carboxylic acids is 2. The number of benzene rings is 2. The van der Waals surface area contributed by atoms with Crippen molar-refractivity contribution >= 4 is 39.6 Å². The van der Waals surface area contributed by atoms with Crippen molar-refractivity contribution in [2.75, 3.05) is 19.5 Å². The van der Waals surface area contributed by atoms with Gasteiger partial charge >= 0.3 is 0 Å². The predicted molar refractivity (Wildman–Crippen MR) is 112 cm³/mol. The summed E-state index contributed by atoms with van der Waals surface area (Å²) in [6.45, 7) is 1.97. The quantitative estimate of drug-likeness (QED) is 0.477. The molecule has 0 atom stereocenters. The number of anilines is 1. The molecule has 0 aliphatic heterocycles. The number of hydrazone groups is 1. The third-order valence-corrected chi connectivity index (χ3v) is 4.43. The molecule has 28 heavy (non-hydrogen) atoms. The standard InChI is InChI=1S/C20H22BrN3O4/c1-13-4-6-15(7-5-13)23-19(25)8-9-20(26)24-22-12-14-10-16(21)18(28-3)11-17(14)27-2/h4-7,10-12H,8-9H2,1-3H3,(H,23,25)(H,24,26)/b22-12+. The molecular weight excluding hydrogens is 426 g/mol. The predicted octanol–water partition coefficient (Wildman–Crippen LogP) is 3.64. The zero-order valence-corrected chi connectivity index (χ0v) is 17.5. The molecule has 0 radical (unpaired) electrons. The molecule has 2 aromatic carbocycles. The summed E-state index contributed by atoms with van der Waals surface area (Å²) in [4.78, 5) is 23.8. The van der Waals surface area contributed by atoms with Crippen LogP contribution < -0.4 is 20.2 Å². The monoisotopic (exact) mass is 447 g/mol. The molecule has 0 spiro atoms. The number of rotatable bonds is 8. The lowest BCUT2D eigenvalue weighted by Crippen LogP contribution is -2.20. The van der Waals surface area contributed by atoms with Crippen LogP contribution in [0.2, 0.25) is 0 Å². The topological polar surface area (TPSA) is 89.0 Å². The van der Waals surface area contributed by atoms with Gasteiger partial charge in [0.15, 0.2) is 0 Å². The summed E-state index contributed by atoms with van der Waals surface area (Å²) in [6, 6.07) is 10.9. The van der Waals surface area contributed by atoms with E-state index in [4.69, 9.17) is 9.47 Å². The van der Waals surface area contributed by atoms with Crippen molar-refractivity contribution in [2.45, 2.75) is 19.8 Å². The number of hydrogen-bond acceptors (Lipinski definition) is 5. The Labute approximate surface area is 172 Å². The van der Waals surface area contributed by atoms with Gasteiger partial charge in [-0.05, 0) is 41.1 Å². The average molecular weight is 448 g/mol. The number of halogens is 1. The third-order valence-electron chi connectivity index (χ3n) is 3.81. The van der Waals surface area contributed by atoms with Crippen LogP contribution in [0.1, 0.15) is 24.0 Å². The van der Waals surface area contributed by atoms with E-state index >= 15 is 0 Å². The molecule has 8 heteroatoms.